The second-order valence-corrected chi connectivity index (χ2v) is 6.82. The van der Waals surface area contributed by atoms with Crippen LogP contribution in [0.2, 0.25) is 5.02 Å². The van der Waals surface area contributed by atoms with E-state index in [2.05, 4.69) is 30.0 Å². The van der Waals surface area contributed by atoms with Gasteiger partial charge in [0.15, 0.2) is 0 Å². The Balaban J connectivity index is 1.51. The van der Waals surface area contributed by atoms with Gasteiger partial charge >= 0.3 is 0 Å². The SMILES string of the molecule is Cc1cccc(CC(=O)N2CCN(Cc3ccccc3Cl)CC2)c1. The molecule has 3 nitrogen and oxygen atoms in total. The maximum absolute atomic E-state index is 12.5. The zero-order valence-corrected chi connectivity index (χ0v) is 14.8. The first-order chi connectivity index (χ1) is 11.6. The summed E-state index contributed by atoms with van der Waals surface area (Å²) >= 11 is 6.23. The average molecular weight is 343 g/mol. The van der Waals surface area contributed by atoms with Gasteiger partial charge in [-0.2, -0.15) is 0 Å². The summed E-state index contributed by atoms with van der Waals surface area (Å²) in [4.78, 5) is 16.8. The highest BCUT2D eigenvalue weighted by Crippen LogP contribution is 2.18. The van der Waals surface area contributed by atoms with Crippen LogP contribution in [0.15, 0.2) is 48.5 Å². The highest BCUT2D eigenvalue weighted by Gasteiger charge is 2.21. The van der Waals surface area contributed by atoms with E-state index in [-0.39, 0.29) is 5.91 Å². The van der Waals surface area contributed by atoms with Crippen molar-refractivity contribution in [1.82, 2.24) is 9.80 Å². The van der Waals surface area contributed by atoms with Crippen LogP contribution in [0.5, 0.6) is 0 Å². The molecule has 0 unspecified atom stereocenters. The van der Waals surface area contributed by atoms with Crippen molar-refractivity contribution in [1.29, 1.82) is 0 Å². The summed E-state index contributed by atoms with van der Waals surface area (Å²) < 4.78 is 0. The molecule has 0 radical (unpaired) electrons. The van der Waals surface area contributed by atoms with Gasteiger partial charge in [0.05, 0.1) is 6.42 Å². The molecule has 0 aliphatic carbocycles. The van der Waals surface area contributed by atoms with Gasteiger partial charge in [-0.25, -0.2) is 0 Å². The summed E-state index contributed by atoms with van der Waals surface area (Å²) in [5, 5.41) is 0.815. The molecule has 0 atom stereocenters. The molecule has 126 valence electrons. The van der Waals surface area contributed by atoms with E-state index in [1.54, 1.807) is 0 Å². The van der Waals surface area contributed by atoms with Gasteiger partial charge in [0.25, 0.3) is 0 Å². The van der Waals surface area contributed by atoms with Gasteiger partial charge in [-0.3, -0.25) is 9.69 Å². The summed E-state index contributed by atoms with van der Waals surface area (Å²) in [6.45, 7) is 6.26. The molecule has 0 aromatic heterocycles. The van der Waals surface area contributed by atoms with Gasteiger partial charge in [0.2, 0.25) is 5.91 Å². The van der Waals surface area contributed by atoms with Crippen LogP contribution >= 0.6 is 11.6 Å². The van der Waals surface area contributed by atoms with Crippen molar-refractivity contribution in [2.24, 2.45) is 0 Å². The Morgan fingerprint density at radius 1 is 1.04 bits per heavy atom. The topological polar surface area (TPSA) is 23.6 Å². The maximum atomic E-state index is 12.5. The van der Waals surface area contributed by atoms with Crippen LogP contribution in [0, 0.1) is 6.92 Å². The molecule has 24 heavy (non-hydrogen) atoms. The number of aryl methyl sites for hydroxylation is 1. The number of hydrogen-bond acceptors (Lipinski definition) is 2. The summed E-state index contributed by atoms with van der Waals surface area (Å²) in [7, 11) is 0. The number of hydrogen-bond donors (Lipinski definition) is 0. The minimum Gasteiger partial charge on any atom is -0.340 e. The van der Waals surface area contributed by atoms with Crippen molar-refractivity contribution in [2.45, 2.75) is 19.9 Å². The third-order valence-corrected chi connectivity index (χ3v) is 4.88. The normalized spacial score (nSPS) is 15.5. The fourth-order valence-corrected chi connectivity index (χ4v) is 3.33. The van der Waals surface area contributed by atoms with E-state index in [1.165, 1.54) is 5.56 Å². The number of carbonyl (C=O) groups is 1. The molecule has 1 aliphatic rings. The molecule has 0 N–H and O–H groups in total. The van der Waals surface area contributed by atoms with Crippen molar-refractivity contribution < 1.29 is 4.79 Å². The van der Waals surface area contributed by atoms with E-state index in [9.17, 15) is 4.79 Å². The zero-order chi connectivity index (χ0) is 16.9. The van der Waals surface area contributed by atoms with Gasteiger partial charge in [0, 0.05) is 37.7 Å². The molecule has 0 bridgehead atoms. The standard InChI is InChI=1S/C20H23ClN2O/c1-16-5-4-6-17(13-16)14-20(24)23-11-9-22(10-12-23)15-18-7-2-3-8-19(18)21/h2-8,13H,9-12,14-15H2,1H3. The van der Waals surface area contributed by atoms with E-state index in [0.29, 0.717) is 6.42 Å². The predicted molar refractivity (Wildman–Crippen MR) is 98.2 cm³/mol. The van der Waals surface area contributed by atoms with Crippen LogP contribution in [0.25, 0.3) is 0 Å². The lowest BCUT2D eigenvalue weighted by molar-refractivity contribution is -0.132. The summed E-state index contributed by atoms with van der Waals surface area (Å²) in [6.07, 6.45) is 0.492. The molecule has 1 heterocycles. The minimum atomic E-state index is 0.220. The number of amides is 1. The van der Waals surface area contributed by atoms with Gasteiger partial charge in [-0.1, -0.05) is 59.6 Å². The lowest BCUT2D eigenvalue weighted by atomic mass is 10.1. The lowest BCUT2D eigenvalue weighted by Crippen LogP contribution is -2.48. The Hall–Kier alpha value is -1.84. The van der Waals surface area contributed by atoms with Gasteiger partial charge in [-0.15, -0.1) is 0 Å². The highest BCUT2D eigenvalue weighted by molar-refractivity contribution is 6.31. The third-order valence-electron chi connectivity index (χ3n) is 4.51. The van der Waals surface area contributed by atoms with Crippen LogP contribution in [0.4, 0.5) is 0 Å². The van der Waals surface area contributed by atoms with Crippen LogP contribution < -0.4 is 0 Å². The molecule has 4 heteroatoms. The second kappa shape index (κ2) is 7.82. The van der Waals surface area contributed by atoms with Crippen LogP contribution in [0.1, 0.15) is 16.7 Å². The monoisotopic (exact) mass is 342 g/mol. The predicted octanol–water partition coefficient (Wildman–Crippen LogP) is 3.54. The molecule has 1 fully saturated rings. The Morgan fingerprint density at radius 3 is 2.50 bits per heavy atom. The summed E-state index contributed by atoms with van der Waals surface area (Å²) in [5.74, 6) is 0.220. The molecule has 3 rings (SSSR count). The quantitative estimate of drug-likeness (QED) is 0.848. The number of nitrogens with zero attached hydrogens (tertiary/aromatic N) is 2. The molecule has 0 saturated carbocycles. The number of rotatable bonds is 4. The molecular formula is C20H23ClN2O. The van der Waals surface area contributed by atoms with Crippen LogP contribution in [-0.4, -0.2) is 41.9 Å². The molecule has 1 saturated heterocycles. The van der Waals surface area contributed by atoms with Crippen molar-refractivity contribution in [3.05, 3.63) is 70.2 Å². The van der Waals surface area contributed by atoms with Gasteiger partial charge in [0.1, 0.15) is 0 Å². The minimum absolute atomic E-state index is 0.220. The van der Waals surface area contributed by atoms with Crippen molar-refractivity contribution >= 4 is 17.5 Å². The molecular weight excluding hydrogens is 320 g/mol. The first-order valence-corrected chi connectivity index (χ1v) is 8.79. The average Bonchev–Trinajstić information content (AvgIpc) is 2.57. The first-order valence-electron chi connectivity index (χ1n) is 8.41. The Bertz CT molecular complexity index is 708. The molecule has 2 aromatic rings. The highest BCUT2D eigenvalue weighted by atomic mass is 35.5. The van der Waals surface area contributed by atoms with Gasteiger partial charge in [-0.05, 0) is 24.1 Å². The molecule has 1 amide bonds. The van der Waals surface area contributed by atoms with Crippen molar-refractivity contribution in [3.8, 4) is 0 Å². The summed E-state index contributed by atoms with van der Waals surface area (Å²) in [6, 6.07) is 16.2. The fraction of sp³-hybridized carbons (Fsp3) is 0.350. The number of halogens is 1. The van der Waals surface area contributed by atoms with Crippen LogP contribution in [0.3, 0.4) is 0 Å². The lowest BCUT2D eigenvalue weighted by Gasteiger charge is -2.35. The fourth-order valence-electron chi connectivity index (χ4n) is 3.13. The van der Waals surface area contributed by atoms with E-state index in [4.69, 9.17) is 11.6 Å². The van der Waals surface area contributed by atoms with E-state index in [1.807, 2.05) is 35.2 Å². The third kappa shape index (κ3) is 4.37. The molecule has 0 spiro atoms. The Labute approximate surface area is 148 Å². The zero-order valence-electron chi connectivity index (χ0n) is 14.0. The smallest absolute Gasteiger partial charge is 0.227 e. The maximum Gasteiger partial charge on any atom is 0.227 e. The number of benzene rings is 2. The van der Waals surface area contributed by atoms with Crippen molar-refractivity contribution in [3.63, 3.8) is 0 Å². The van der Waals surface area contributed by atoms with Gasteiger partial charge < -0.3 is 4.90 Å². The van der Waals surface area contributed by atoms with E-state index < -0.39 is 0 Å². The summed E-state index contributed by atoms with van der Waals surface area (Å²) in [5.41, 5.74) is 3.45. The number of piperazine rings is 1. The van der Waals surface area contributed by atoms with Crippen LogP contribution in [-0.2, 0) is 17.8 Å². The Kier molecular flexibility index (Phi) is 5.54. The van der Waals surface area contributed by atoms with Crippen molar-refractivity contribution in [2.75, 3.05) is 26.2 Å². The Morgan fingerprint density at radius 2 is 1.79 bits per heavy atom. The first kappa shape index (κ1) is 17.0. The second-order valence-electron chi connectivity index (χ2n) is 6.41. The molecule has 1 aliphatic heterocycles. The molecule has 2 aromatic carbocycles. The largest absolute Gasteiger partial charge is 0.340 e. The van der Waals surface area contributed by atoms with E-state index >= 15 is 0 Å². The number of carbonyl (C=O) groups excluding carboxylic acids is 1. The van der Waals surface area contributed by atoms with E-state index in [0.717, 1.165) is 48.9 Å².